The van der Waals surface area contributed by atoms with Gasteiger partial charge in [0.1, 0.15) is 5.83 Å². The molecule has 2 heterocycles. The van der Waals surface area contributed by atoms with E-state index in [0.717, 1.165) is 4.90 Å². The first-order chi connectivity index (χ1) is 19.9. The molecule has 0 saturated carbocycles. The quantitative estimate of drug-likeness (QED) is 0.356. The average Bonchev–Trinajstić information content (AvgIpc) is 3.41. The van der Waals surface area contributed by atoms with Crippen LogP contribution < -0.4 is 0 Å². The fourth-order valence-electron chi connectivity index (χ4n) is 6.81. The number of aliphatic carboxylic acids is 1. The number of rotatable bonds is 5. The Labute approximate surface area is 245 Å². The smallest absolute Gasteiger partial charge is 0.416 e. The van der Waals surface area contributed by atoms with Crippen LogP contribution in [0.1, 0.15) is 62.8 Å². The van der Waals surface area contributed by atoms with E-state index in [0.29, 0.717) is 50.1 Å². The van der Waals surface area contributed by atoms with Gasteiger partial charge in [0.25, 0.3) is 0 Å². The number of alkyl halides is 6. The number of benzene rings is 1. The number of allylic oxidation sites excluding steroid dienone is 3. The Bertz CT molecular complexity index is 1260. The van der Waals surface area contributed by atoms with Gasteiger partial charge in [0, 0.05) is 38.1 Å². The maximum absolute atomic E-state index is 14.2. The van der Waals surface area contributed by atoms with E-state index in [4.69, 9.17) is 0 Å². The fourth-order valence-corrected chi connectivity index (χ4v) is 6.81. The van der Waals surface area contributed by atoms with Crippen molar-refractivity contribution in [2.45, 2.75) is 70.5 Å². The van der Waals surface area contributed by atoms with Crippen LogP contribution >= 0.6 is 0 Å². The average molecular weight is 620 g/mol. The minimum Gasteiger partial charge on any atom is -0.481 e. The van der Waals surface area contributed by atoms with Crippen LogP contribution in [0.4, 0.5) is 35.5 Å². The van der Waals surface area contributed by atoms with Gasteiger partial charge in [0.15, 0.2) is 0 Å². The lowest BCUT2D eigenvalue weighted by Crippen LogP contribution is -2.58. The van der Waals surface area contributed by atoms with E-state index in [1.165, 1.54) is 26.1 Å². The lowest BCUT2D eigenvalue weighted by Gasteiger charge is -2.49. The third kappa shape index (κ3) is 7.02. The zero-order valence-corrected chi connectivity index (χ0v) is 24.3. The second-order valence-electron chi connectivity index (χ2n) is 12.0. The third-order valence-electron chi connectivity index (χ3n) is 9.22. The molecule has 2 fully saturated rings. The van der Waals surface area contributed by atoms with Crippen LogP contribution in [0.25, 0.3) is 0 Å². The Balaban J connectivity index is 1.64. The molecule has 0 radical (unpaired) electrons. The molecule has 6 unspecified atom stereocenters. The molecule has 2 amide bonds. The summed E-state index contributed by atoms with van der Waals surface area (Å²) in [6.45, 7) is 6.16. The number of piperidine rings is 1. The van der Waals surface area contributed by atoms with Gasteiger partial charge in [0.05, 0.1) is 23.1 Å². The highest BCUT2D eigenvalue weighted by Crippen LogP contribution is 2.41. The van der Waals surface area contributed by atoms with Crippen molar-refractivity contribution in [3.8, 4) is 0 Å². The Kier molecular flexibility index (Phi) is 9.25. The number of nitrogens with zero attached hydrogens (tertiary/aromatic N) is 3. The number of amides is 2. The van der Waals surface area contributed by atoms with Gasteiger partial charge in [-0.15, -0.1) is 0 Å². The van der Waals surface area contributed by atoms with Crippen molar-refractivity contribution in [1.29, 1.82) is 0 Å². The molecule has 0 bridgehead atoms. The molecule has 13 heteroatoms. The van der Waals surface area contributed by atoms with Gasteiger partial charge in [0.2, 0.25) is 0 Å². The molecule has 1 aromatic carbocycles. The highest BCUT2D eigenvalue weighted by atomic mass is 19.4. The molecule has 238 valence electrons. The van der Waals surface area contributed by atoms with Crippen LogP contribution in [0.5, 0.6) is 0 Å². The largest absolute Gasteiger partial charge is 0.481 e. The van der Waals surface area contributed by atoms with Crippen LogP contribution in [-0.2, 0) is 17.1 Å². The monoisotopic (exact) mass is 619 g/mol. The van der Waals surface area contributed by atoms with E-state index in [2.05, 4.69) is 4.90 Å². The van der Waals surface area contributed by atoms with Gasteiger partial charge < -0.3 is 14.9 Å². The molecule has 0 spiro atoms. The molecular weight excluding hydrogens is 583 g/mol. The number of likely N-dealkylation sites (tertiary alicyclic amines) is 2. The summed E-state index contributed by atoms with van der Waals surface area (Å²) in [6.07, 6.45) is -5.71. The standard InChI is InChI=1S/C30H36F7N3O3/c1-16-9-23(31)10-17(2)26(16)25-14-24(39-7-5-19(15-39)27(41)42)6-8-40(25)28(43)38(4)18(3)20-11-21(29(32,33)34)13-22(12-20)30(35,36)37/h9-13,16,18-19,24-26H,5-8,14-15H2,1-4H3,(H,41,42). The molecule has 1 N–H and O–H groups in total. The van der Waals surface area contributed by atoms with Gasteiger partial charge in [-0.05, 0) is 81.5 Å². The zero-order chi connectivity index (χ0) is 32.0. The molecule has 43 heavy (non-hydrogen) atoms. The Hall–Kier alpha value is -3.09. The minimum absolute atomic E-state index is 0.0466. The van der Waals surface area contributed by atoms with Crippen molar-refractivity contribution in [1.82, 2.24) is 14.7 Å². The summed E-state index contributed by atoms with van der Waals surface area (Å²) >= 11 is 0. The molecule has 2 saturated heterocycles. The summed E-state index contributed by atoms with van der Waals surface area (Å²) in [7, 11) is 1.34. The second-order valence-corrected chi connectivity index (χ2v) is 12.0. The van der Waals surface area contributed by atoms with Crippen molar-refractivity contribution in [3.63, 3.8) is 0 Å². The van der Waals surface area contributed by atoms with Gasteiger partial charge in [-0.2, -0.15) is 26.3 Å². The molecule has 4 rings (SSSR count). The highest BCUT2D eigenvalue weighted by molar-refractivity contribution is 5.75. The molecule has 0 aromatic heterocycles. The van der Waals surface area contributed by atoms with Crippen molar-refractivity contribution in [2.75, 3.05) is 26.7 Å². The van der Waals surface area contributed by atoms with E-state index in [-0.39, 0.29) is 36.1 Å². The van der Waals surface area contributed by atoms with Gasteiger partial charge in [-0.3, -0.25) is 9.69 Å². The van der Waals surface area contributed by atoms with Crippen LogP contribution in [0, 0.1) is 17.8 Å². The number of carbonyl (C=O) groups is 2. The van der Waals surface area contributed by atoms with Crippen LogP contribution in [0.15, 0.2) is 41.8 Å². The first-order valence-electron chi connectivity index (χ1n) is 14.2. The number of carbonyl (C=O) groups excluding carboxylic acids is 1. The number of urea groups is 1. The van der Waals surface area contributed by atoms with Crippen LogP contribution in [-0.4, -0.2) is 70.6 Å². The number of carboxylic acid groups (broad SMARTS) is 1. The summed E-state index contributed by atoms with van der Waals surface area (Å²) < 4.78 is 95.3. The normalized spacial score (nSPS) is 27.9. The van der Waals surface area contributed by atoms with Gasteiger partial charge in [-0.1, -0.05) is 12.5 Å². The molecule has 1 aromatic rings. The lowest BCUT2D eigenvalue weighted by molar-refractivity contribution is -0.143. The zero-order valence-electron chi connectivity index (χ0n) is 24.3. The van der Waals surface area contributed by atoms with Crippen molar-refractivity contribution in [3.05, 3.63) is 58.4 Å². The third-order valence-corrected chi connectivity index (χ3v) is 9.22. The number of carboxylic acids is 1. The molecular formula is C30H36F7N3O3. The number of hydrogen-bond donors (Lipinski definition) is 1. The summed E-state index contributed by atoms with van der Waals surface area (Å²) in [5, 5.41) is 9.47. The molecule has 3 aliphatic rings. The van der Waals surface area contributed by atoms with Crippen LogP contribution in [0.2, 0.25) is 0 Å². The molecule has 6 nitrogen and oxygen atoms in total. The Morgan fingerprint density at radius 1 is 1.02 bits per heavy atom. The SMILES string of the molecule is CC1=CC(F)=CC(C)C1C1CC(N2CCC(C(=O)O)C2)CCN1C(=O)N(C)C(C)c1cc(C(F)(F)F)cc(C(F)(F)F)c1. The van der Waals surface area contributed by atoms with E-state index >= 15 is 0 Å². The van der Waals surface area contributed by atoms with Crippen molar-refractivity contribution < 1.29 is 45.4 Å². The minimum atomic E-state index is -5.02. The predicted molar refractivity (Wildman–Crippen MR) is 144 cm³/mol. The van der Waals surface area contributed by atoms with E-state index in [1.54, 1.807) is 11.8 Å². The first-order valence-corrected chi connectivity index (χ1v) is 14.2. The van der Waals surface area contributed by atoms with Crippen molar-refractivity contribution in [2.24, 2.45) is 17.8 Å². The predicted octanol–water partition coefficient (Wildman–Crippen LogP) is 7.14. The maximum atomic E-state index is 14.2. The summed E-state index contributed by atoms with van der Waals surface area (Å²) in [5.74, 6) is -2.35. The molecule has 2 aliphatic heterocycles. The van der Waals surface area contributed by atoms with E-state index in [9.17, 15) is 45.4 Å². The number of hydrogen-bond acceptors (Lipinski definition) is 3. The van der Waals surface area contributed by atoms with E-state index < -0.39 is 59.3 Å². The summed E-state index contributed by atoms with van der Waals surface area (Å²) in [5.41, 5.74) is -2.52. The maximum Gasteiger partial charge on any atom is 0.416 e. The summed E-state index contributed by atoms with van der Waals surface area (Å²) in [4.78, 5) is 30.4. The second kappa shape index (κ2) is 12.1. The lowest BCUT2D eigenvalue weighted by atomic mass is 9.74. The Morgan fingerprint density at radius 2 is 1.63 bits per heavy atom. The van der Waals surface area contributed by atoms with Crippen LogP contribution in [0.3, 0.4) is 0 Å². The molecule has 1 aliphatic carbocycles. The first kappa shape index (κ1) is 32.8. The van der Waals surface area contributed by atoms with Crippen molar-refractivity contribution >= 4 is 12.0 Å². The summed E-state index contributed by atoms with van der Waals surface area (Å²) in [6, 6.07) is -0.906. The van der Waals surface area contributed by atoms with Gasteiger partial charge in [-0.25, -0.2) is 9.18 Å². The number of halogens is 7. The highest BCUT2D eigenvalue weighted by Gasteiger charge is 2.45. The Morgan fingerprint density at radius 3 is 2.14 bits per heavy atom. The van der Waals surface area contributed by atoms with E-state index in [1.807, 2.05) is 6.92 Å². The molecule has 6 atom stereocenters. The van der Waals surface area contributed by atoms with Gasteiger partial charge >= 0.3 is 24.4 Å². The fraction of sp³-hybridized carbons (Fsp3) is 0.600. The topological polar surface area (TPSA) is 64.1 Å².